The molecule has 2 aromatic carbocycles. The van der Waals surface area contributed by atoms with Crippen LogP contribution in [0, 0.1) is 6.92 Å². The van der Waals surface area contributed by atoms with Crippen LogP contribution in [0.1, 0.15) is 101 Å². The van der Waals surface area contributed by atoms with E-state index in [2.05, 4.69) is 47.5 Å². The summed E-state index contributed by atoms with van der Waals surface area (Å²) < 4.78 is 11.1. The summed E-state index contributed by atoms with van der Waals surface area (Å²) in [5.74, 6) is -3.73. The number of hydrogen-bond donors (Lipinski definition) is 9. The molecule has 3 aromatic rings. The maximum absolute atomic E-state index is 14.2. The molecule has 0 aliphatic heterocycles. The quantitative estimate of drug-likeness (QED) is 0.0323. The van der Waals surface area contributed by atoms with Crippen LogP contribution in [0.2, 0.25) is 0 Å². The number of carboxylic acids is 1. The van der Waals surface area contributed by atoms with Gasteiger partial charge in [-0.2, -0.15) is 0 Å². The summed E-state index contributed by atoms with van der Waals surface area (Å²) in [4.78, 5) is 108. The van der Waals surface area contributed by atoms with E-state index in [4.69, 9.17) is 9.47 Å². The highest BCUT2D eigenvalue weighted by molar-refractivity contribution is 6.00. The van der Waals surface area contributed by atoms with Crippen molar-refractivity contribution in [2.24, 2.45) is 0 Å². The number of carboxylic acid groups (broad SMARTS) is 1. The Morgan fingerprint density at radius 3 is 2.10 bits per heavy atom. The first-order valence-corrected chi connectivity index (χ1v) is 24.7. The van der Waals surface area contributed by atoms with Crippen LogP contribution in [0.4, 0.5) is 16.2 Å². The molecule has 0 radical (unpaired) electrons. The number of para-hydroxylation sites is 1. The second-order valence-corrected chi connectivity index (χ2v) is 17.5. The molecule has 1 saturated carbocycles. The largest absolute Gasteiger partial charge is 0.481 e. The third-order valence-corrected chi connectivity index (χ3v) is 11.8. The molecule has 1 fully saturated rings. The van der Waals surface area contributed by atoms with Crippen molar-refractivity contribution in [1.29, 1.82) is 0 Å². The van der Waals surface area contributed by atoms with Gasteiger partial charge in [0.05, 0.1) is 32.8 Å². The molecular formula is C52H71N9O11. The third-order valence-electron chi connectivity index (χ3n) is 11.8. The lowest BCUT2D eigenvalue weighted by atomic mass is 9.80. The molecular weight excluding hydrogens is 927 g/mol. The molecule has 1 aliphatic carbocycles. The maximum Gasteiger partial charge on any atom is 0.323 e. The van der Waals surface area contributed by atoms with Gasteiger partial charge >= 0.3 is 12.0 Å². The first-order chi connectivity index (χ1) is 34.8. The van der Waals surface area contributed by atoms with E-state index in [9.17, 15) is 43.5 Å². The van der Waals surface area contributed by atoms with Crippen molar-refractivity contribution in [2.45, 2.75) is 115 Å². The Labute approximate surface area is 421 Å². The fourth-order valence-electron chi connectivity index (χ4n) is 7.79. The van der Waals surface area contributed by atoms with Crippen LogP contribution >= 0.6 is 0 Å². The molecule has 20 heteroatoms. The average molecular weight is 998 g/mol. The molecule has 390 valence electrons. The van der Waals surface area contributed by atoms with E-state index in [1.54, 1.807) is 61.8 Å². The first-order valence-electron chi connectivity index (χ1n) is 24.7. The van der Waals surface area contributed by atoms with Gasteiger partial charge < -0.3 is 57.1 Å². The second-order valence-electron chi connectivity index (χ2n) is 17.5. The average Bonchev–Trinajstić information content (AvgIpc) is 3.37. The highest BCUT2D eigenvalue weighted by atomic mass is 16.5. The summed E-state index contributed by atoms with van der Waals surface area (Å²) in [7, 11) is 0. The Balaban J connectivity index is 1.40. The van der Waals surface area contributed by atoms with Crippen LogP contribution < -0.4 is 42.5 Å². The monoisotopic (exact) mass is 998 g/mol. The number of aromatic nitrogens is 1. The van der Waals surface area contributed by atoms with Crippen molar-refractivity contribution in [3.8, 4) is 0 Å². The number of nitrogens with one attached hydrogen (secondary N) is 8. The van der Waals surface area contributed by atoms with Crippen LogP contribution in [0.3, 0.4) is 0 Å². The van der Waals surface area contributed by atoms with E-state index in [-0.39, 0.29) is 70.2 Å². The van der Waals surface area contributed by atoms with E-state index in [1.807, 2.05) is 31.2 Å². The number of anilines is 2. The van der Waals surface area contributed by atoms with Crippen LogP contribution in [0.5, 0.6) is 0 Å². The van der Waals surface area contributed by atoms with E-state index >= 15 is 0 Å². The molecule has 0 unspecified atom stereocenters. The van der Waals surface area contributed by atoms with Gasteiger partial charge in [-0.05, 0) is 98.9 Å². The van der Waals surface area contributed by atoms with E-state index in [1.165, 1.54) is 6.08 Å². The number of aliphatic carboxylic acids is 1. The zero-order valence-electron chi connectivity index (χ0n) is 41.4. The minimum atomic E-state index is -1.29. The Morgan fingerprint density at radius 1 is 0.722 bits per heavy atom. The number of carbonyl (C=O) groups is 8. The predicted octanol–water partition coefficient (Wildman–Crippen LogP) is 4.30. The molecule has 72 heavy (non-hydrogen) atoms. The molecule has 2 atom stereocenters. The fraction of sp³-hybridized carbons (Fsp3) is 0.481. The van der Waals surface area contributed by atoms with Crippen molar-refractivity contribution < 1.29 is 52.9 Å². The number of ether oxygens (including phenoxy) is 2. The zero-order valence-corrected chi connectivity index (χ0v) is 41.4. The SMILES string of the molecule is CCC(=O)NCCOCCOCCNC(=O)C1(NC(=O)[C@H](CCCC(=O)O)NC(=O)[C@H](CCCCNC(=O)/C=C/c2cccnc2)NC(=O)Cc2ccc(NC(=O)Nc3ccccc3C)cc2)CCCCC1. The molecule has 0 saturated heterocycles. The van der Waals surface area contributed by atoms with Crippen molar-refractivity contribution >= 4 is 64.9 Å². The molecule has 1 heterocycles. The number of hydrogen-bond acceptors (Lipinski definition) is 11. The molecule has 1 aliphatic rings. The number of benzene rings is 2. The topological polar surface area (TPSA) is 284 Å². The number of unbranched alkanes of at least 4 members (excludes halogenated alkanes) is 1. The second kappa shape index (κ2) is 31.9. The van der Waals surface area contributed by atoms with Gasteiger partial charge in [0.1, 0.15) is 17.6 Å². The minimum absolute atomic E-state index is 0.0334. The number of nitrogens with zero attached hydrogens (tertiary/aromatic N) is 1. The zero-order chi connectivity index (χ0) is 52.0. The van der Waals surface area contributed by atoms with Crippen LogP contribution in [-0.2, 0) is 49.5 Å². The lowest BCUT2D eigenvalue weighted by molar-refractivity contribution is -0.138. The highest BCUT2D eigenvalue weighted by Crippen LogP contribution is 2.29. The van der Waals surface area contributed by atoms with Gasteiger partial charge in [0.2, 0.25) is 35.4 Å². The van der Waals surface area contributed by atoms with Gasteiger partial charge in [0.15, 0.2) is 0 Å². The van der Waals surface area contributed by atoms with Crippen molar-refractivity contribution in [1.82, 2.24) is 36.9 Å². The molecule has 1 aromatic heterocycles. The molecule has 20 nitrogen and oxygen atoms in total. The number of urea groups is 1. The lowest BCUT2D eigenvalue weighted by Crippen LogP contribution is -2.63. The Kier molecular flexibility index (Phi) is 25.4. The fourth-order valence-corrected chi connectivity index (χ4v) is 7.79. The Bertz CT molecular complexity index is 2250. The minimum Gasteiger partial charge on any atom is -0.481 e. The molecule has 0 spiro atoms. The predicted molar refractivity (Wildman–Crippen MR) is 271 cm³/mol. The van der Waals surface area contributed by atoms with Crippen molar-refractivity contribution in [2.75, 3.05) is 56.7 Å². The van der Waals surface area contributed by atoms with Gasteiger partial charge in [-0.15, -0.1) is 0 Å². The van der Waals surface area contributed by atoms with Gasteiger partial charge in [-0.3, -0.25) is 38.5 Å². The van der Waals surface area contributed by atoms with Gasteiger partial charge in [0, 0.05) is 62.3 Å². The standard InChI is InChI=1S/C52H71N9O11/c1-3-44(62)55-29-31-71-33-34-72-32-30-56-50(69)52(25-8-4-9-26-52)61-49(68)43(17-11-18-47(65)66)59-48(67)42(16-7-10-28-54-45(63)24-21-39-14-12-27-53-36-39)58-46(64)35-38-19-22-40(23-20-38)57-51(70)60-41-15-6-5-13-37(41)2/h5-6,12-15,19-24,27,36,42-43H,3-4,7-11,16-18,25-26,28-35H2,1-2H3,(H,54,63)(H,55,62)(H,56,69)(H,58,64)(H,59,67)(H,61,68)(H,65,66)(H2,57,60,70)/b24-21+/t42-,43-/m0/s1. The van der Waals surface area contributed by atoms with E-state index in [0.29, 0.717) is 81.6 Å². The van der Waals surface area contributed by atoms with E-state index < -0.39 is 53.3 Å². The van der Waals surface area contributed by atoms with Gasteiger partial charge in [0.25, 0.3) is 0 Å². The number of pyridine rings is 1. The van der Waals surface area contributed by atoms with Crippen LogP contribution in [0.25, 0.3) is 6.08 Å². The summed E-state index contributed by atoms with van der Waals surface area (Å²) in [6, 6.07) is 14.7. The molecule has 9 N–H and O–H groups in total. The summed E-state index contributed by atoms with van der Waals surface area (Å²) in [5, 5.41) is 31.9. The Hall–Kier alpha value is -7.19. The lowest BCUT2D eigenvalue weighted by Gasteiger charge is -2.38. The maximum atomic E-state index is 14.2. The number of aryl methyl sites for hydroxylation is 1. The number of rotatable bonds is 31. The summed E-state index contributed by atoms with van der Waals surface area (Å²) >= 11 is 0. The normalized spacial score (nSPS) is 13.7. The van der Waals surface area contributed by atoms with Crippen molar-refractivity contribution in [3.05, 3.63) is 95.8 Å². The Morgan fingerprint density at radius 2 is 1.42 bits per heavy atom. The van der Waals surface area contributed by atoms with Crippen molar-refractivity contribution in [3.63, 3.8) is 0 Å². The molecule has 8 amide bonds. The van der Waals surface area contributed by atoms with Crippen LogP contribution in [0.15, 0.2) is 79.1 Å². The third kappa shape index (κ3) is 21.8. The highest BCUT2D eigenvalue weighted by Gasteiger charge is 2.42. The van der Waals surface area contributed by atoms with Gasteiger partial charge in [-0.1, -0.05) is 62.6 Å². The van der Waals surface area contributed by atoms with E-state index in [0.717, 1.165) is 17.5 Å². The van der Waals surface area contributed by atoms with Gasteiger partial charge in [-0.25, -0.2) is 4.79 Å². The molecule has 0 bridgehead atoms. The molecule has 4 rings (SSSR count). The summed E-state index contributed by atoms with van der Waals surface area (Å²) in [5.41, 5.74) is 2.10. The first kappa shape index (κ1) is 57.4. The van der Waals surface area contributed by atoms with Crippen LogP contribution in [-0.4, -0.2) is 121 Å². The summed E-state index contributed by atoms with van der Waals surface area (Å²) in [6.45, 7) is 5.54. The number of carbonyl (C=O) groups excluding carboxylic acids is 7. The smallest absolute Gasteiger partial charge is 0.323 e. The number of amides is 8. The summed E-state index contributed by atoms with van der Waals surface area (Å²) in [6.07, 6.45) is 10.0.